The van der Waals surface area contributed by atoms with Gasteiger partial charge in [0.05, 0.1) is 36.3 Å². The van der Waals surface area contributed by atoms with Gasteiger partial charge in [-0.05, 0) is 37.3 Å². The largest absolute Gasteiger partial charge is 0.495 e. The maximum absolute atomic E-state index is 12.7. The molecular weight excluding hydrogens is 436 g/mol. The lowest BCUT2D eigenvalue weighted by molar-refractivity contribution is 0.102. The molecule has 2 aromatic carbocycles. The predicted molar refractivity (Wildman–Crippen MR) is 106 cm³/mol. The SMILES string of the molecule is COc1cc(OC)c(NC(=O)c2nnn(-c3ccc(Br)cc3)c2C)cc1Cl. The van der Waals surface area contributed by atoms with Gasteiger partial charge in [0.1, 0.15) is 11.5 Å². The molecule has 3 aromatic rings. The number of hydrogen-bond acceptors (Lipinski definition) is 5. The maximum atomic E-state index is 12.7. The van der Waals surface area contributed by atoms with E-state index in [1.807, 2.05) is 24.3 Å². The van der Waals surface area contributed by atoms with E-state index in [4.69, 9.17) is 21.1 Å². The predicted octanol–water partition coefficient (Wildman–Crippen LogP) is 4.26. The van der Waals surface area contributed by atoms with Gasteiger partial charge in [0, 0.05) is 10.5 Å². The van der Waals surface area contributed by atoms with Crippen LogP contribution in [0.4, 0.5) is 5.69 Å². The van der Waals surface area contributed by atoms with E-state index in [2.05, 4.69) is 31.6 Å². The quantitative estimate of drug-likeness (QED) is 0.627. The van der Waals surface area contributed by atoms with Crippen molar-refractivity contribution in [2.24, 2.45) is 0 Å². The number of benzene rings is 2. The van der Waals surface area contributed by atoms with Crippen LogP contribution in [0.15, 0.2) is 40.9 Å². The molecule has 0 spiro atoms. The van der Waals surface area contributed by atoms with Gasteiger partial charge in [-0.1, -0.05) is 32.7 Å². The molecule has 27 heavy (non-hydrogen) atoms. The lowest BCUT2D eigenvalue weighted by Crippen LogP contribution is -2.15. The van der Waals surface area contributed by atoms with Crippen LogP contribution in [0.3, 0.4) is 0 Å². The van der Waals surface area contributed by atoms with Crippen molar-refractivity contribution in [3.05, 3.63) is 57.3 Å². The molecule has 1 N–H and O–H groups in total. The van der Waals surface area contributed by atoms with Crippen molar-refractivity contribution in [1.29, 1.82) is 0 Å². The first-order chi connectivity index (χ1) is 12.9. The molecule has 1 aromatic heterocycles. The number of hydrogen-bond donors (Lipinski definition) is 1. The summed E-state index contributed by atoms with van der Waals surface area (Å²) in [4.78, 5) is 12.7. The second-order valence-electron chi connectivity index (χ2n) is 5.55. The summed E-state index contributed by atoms with van der Waals surface area (Å²) in [5.74, 6) is 0.446. The molecule has 7 nitrogen and oxygen atoms in total. The lowest BCUT2D eigenvalue weighted by atomic mass is 10.2. The van der Waals surface area contributed by atoms with E-state index in [-0.39, 0.29) is 5.69 Å². The second kappa shape index (κ2) is 7.98. The third-order valence-electron chi connectivity index (χ3n) is 3.90. The van der Waals surface area contributed by atoms with E-state index in [0.29, 0.717) is 27.9 Å². The summed E-state index contributed by atoms with van der Waals surface area (Å²) in [6, 6.07) is 10.7. The van der Waals surface area contributed by atoms with Crippen LogP contribution in [0.25, 0.3) is 5.69 Å². The molecule has 0 fully saturated rings. The summed E-state index contributed by atoms with van der Waals surface area (Å²) in [7, 11) is 3.00. The Bertz CT molecular complexity index is 989. The van der Waals surface area contributed by atoms with Gasteiger partial charge in [0.15, 0.2) is 5.69 Å². The van der Waals surface area contributed by atoms with E-state index in [9.17, 15) is 4.79 Å². The monoisotopic (exact) mass is 450 g/mol. The highest BCUT2D eigenvalue weighted by atomic mass is 79.9. The third kappa shape index (κ3) is 3.91. The third-order valence-corrected chi connectivity index (χ3v) is 4.73. The average Bonchev–Trinajstić information content (AvgIpc) is 3.04. The van der Waals surface area contributed by atoms with E-state index >= 15 is 0 Å². The van der Waals surface area contributed by atoms with Gasteiger partial charge in [-0.2, -0.15) is 0 Å². The van der Waals surface area contributed by atoms with Gasteiger partial charge in [0.2, 0.25) is 0 Å². The van der Waals surface area contributed by atoms with Gasteiger partial charge in [0.25, 0.3) is 5.91 Å². The fourth-order valence-corrected chi connectivity index (χ4v) is 3.01. The molecule has 0 saturated carbocycles. The first-order valence-electron chi connectivity index (χ1n) is 7.85. The number of halogens is 2. The number of nitrogens with one attached hydrogen (secondary N) is 1. The molecule has 1 amide bonds. The van der Waals surface area contributed by atoms with Crippen LogP contribution in [-0.4, -0.2) is 35.1 Å². The van der Waals surface area contributed by atoms with Crippen molar-refractivity contribution in [1.82, 2.24) is 15.0 Å². The number of aromatic nitrogens is 3. The Hall–Kier alpha value is -2.58. The molecule has 9 heteroatoms. The Morgan fingerprint density at radius 2 is 1.81 bits per heavy atom. The second-order valence-corrected chi connectivity index (χ2v) is 6.88. The number of carbonyl (C=O) groups is 1. The van der Waals surface area contributed by atoms with Crippen LogP contribution < -0.4 is 14.8 Å². The van der Waals surface area contributed by atoms with Crippen LogP contribution in [-0.2, 0) is 0 Å². The number of methoxy groups -OCH3 is 2. The Balaban J connectivity index is 1.89. The summed E-state index contributed by atoms with van der Waals surface area (Å²) in [6.45, 7) is 1.77. The number of anilines is 1. The van der Waals surface area contributed by atoms with E-state index in [1.54, 1.807) is 23.7 Å². The Morgan fingerprint density at radius 1 is 1.15 bits per heavy atom. The molecule has 0 unspecified atom stereocenters. The fourth-order valence-electron chi connectivity index (χ4n) is 2.51. The minimum Gasteiger partial charge on any atom is -0.495 e. The number of nitrogens with zero attached hydrogens (tertiary/aromatic N) is 3. The van der Waals surface area contributed by atoms with E-state index < -0.39 is 5.91 Å². The van der Waals surface area contributed by atoms with Crippen molar-refractivity contribution >= 4 is 39.1 Å². The molecule has 1 heterocycles. The Labute approximate surface area is 169 Å². The zero-order chi connectivity index (χ0) is 19.6. The molecule has 3 rings (SSSR count). The number of ether oxygens (including phenoxy) is 2. The number of amides is 1. The standard InChI is InChI=1S/C18H16BrClN4O3/c1-10-17(22-23-24(10)12-6-4-11(19)5-7-12)18(25)21-14-8-13(20)15(26-2)9-16(14)27-3/h4-9H,1-3H3,(H,21,25). The molecule has 0 bridgehead atoms. The van der Waals surface area contributed by atoms with Gasteiger partial charge < -0.3 is 14.8 Å². The summed E-state index contributed by atoms with van der Waals surface area (Å²) in [5, 5.41) is 11.2. The maximum Gasteiger partial charge on any atom is 0.278 e. The minimum absolute atomic E-state index is 0.201. The Kier molecular flexibility index (Phi) is 5.67. The van der Waals surface area contributed by atoms with Crippen LogP contribution in [0.5, 0.6) is 11.5 Å². The highest BCUT2D eigenvalue weighted by molar-refractivity contribution is 9.10. The summed E-state index contributed by atoms with van der Waals surface area (Å²) >= 11 is 9.54. The van der Waals surface area contributed by atoms with Crippen molar-refractivity contribution in [3.63, 3.8) is 0 Å². The molecule has 140 valence electrons. The molecule has 0 aliphatic rings. The van der Waals surface area contributed by atoms with Gasteiger partial charge in [-0.15, -0.1) is 5.10 Å². The smallest absolute Gasteiger partial charge is 0.278 e. The molecule has 0 saturated heterocycles. The zero-order valence-electron chi connectivity index (χ0n) is 14.8. The van der Waals surface area contributed by atoms with Crippen LogP contribution >= 0.6 is 27.5 Å². The highest BCUT2D eigenvalue weighted by Crippen LogP contribution is 2.36. The summed E-state index contributed by atoms with van der Waals surface area (Å²) < 4.78 is 13.0. The fraction of sp³-hybridized carbons (Fsp3) is 0.167. The van der Waals surface area contributed by atoms with Crippen molar-refractivity contribution in [3.8, 4) is 17.2 Å². The van der Waals surface area contributed by atoms with Crippen LogP contribution in [0.1, 0.15) is 16.2 Å². The molecule has 0 radical (unpaired) electrons. The van der Waals surface area contributed by atoms with Crippen LogP contribution in [0.2, 0.25) is 5.02 Å². The van der Waals surface area contributed by atoms with Gasteiger partial charge in [-0.25, -0.2) is 4.68 Å². The first-order valence-corrected chi connectivity index (χ1v) is 9.02. The zero-order valence-corrected chi connectivity index (χ0v) is 17.1. The number of carbonyl (C=O) groups excluding carboxylic acids is 1. The molecule has 0 atom stereocenters. The van der Waals surface area contributed by atoms with Gasteiger partial charge in [-0.3, -0.25) is 4.79 Å². The normalized spacial score (nSPS) is 10.6. The van der Waals surface area contributed by atoms with Crippen LogP contribution in [0, 0.1) is 6.92 Å². The Morgan fingerprint density at radius 3 is 2.44 bits per heavy atom. The van der Waals surface area contributed by atoms with Crippen molar-refractivity contribution in [2.45, 2.75) is 6.92 Å². The molecule has 0 aliphatic carbocycles. The van der Waals surface area contributed by atoms with Gasteiger partial charge >= 0.3 is 0 Å². The first kappa shape index (κ1) is 19.2. The summed E-state index contributed by atoms with van der Waals surface area (Å²) in [5.41, 5.74) is 2.01. The van der Waals surface area contributed by atoms with Crippen molar-refractivity contribution < 1.29 is 14.3 Å². The molecule has 0 aliphatic heterocycles. The molecular formula is C18H16BrClN4O3. The van der Waals surface area contributed by atoms with E-state index in [0.717, 1.165) is 10.2 Å². The highest BCUT2D eigenvalue weighted by Gasteiger charge is 2.20. The minimum atomic E-state index is -0.421. The van der Waals surface area contributed by atoms with Crippen molar-refractivity contribution in [2.75, 3.05) is 19.5 Å². The number of rotatable bonds is 5. The summed E-state index contributed by atoms with van der Waals surface area (Å²) in [6.07, 6.45) is 0. The lowest BCUT2D eigenvalue weighted by Gasteiger charge is -2.12. The average molecular weight is 452 g/mol. The topological polar surface area (TPSA) is 78.3 Å². The van der Waals surface area contributed by atoms with E-state index in [1.165, 1.54) is 14.2 Å².